The van der Waals surface area contributed by atoms with Crippen molar-refractivity contribution < 1.29 is 0 Å². The highest BCUT2D eigenvalue weighted by atomic mass is 14.9. The largest absolute Gasteiger partial charge is 0.347 e. The van der Waals surface area contributed by atoms with Crippen molar-refractivity contribution in [2.45, 2.75) is 71.4 Å². The van der Waals surface area contributed by atoms with E-state index in [1.165, 1.54) is 67.8 Å². The lowest BCUT2D eigenvalue weighted by molar-refractivity contribution is 0.549. The van der Waals surface area contributed by atoms with Crippen LogP contribution >= 0.6 is 0 Å². The predicted octanol–water partition coefficient (Wildman–Crippen LogP) is 5.24. The van der Waals surface area contributed by atoms with Crippen LogP contribution in [0.1, 0.15) is 63.9 Å². The number of rotatable bonds is 10. The molecule has 0 fully saturated rings. The third kappa shape index (κ3) is 4.89. The Hall–Kier alpha value is -1.28. The van der Waals surface area contributed by atoms with Gasteiger partial charge in [-0.25, -0.2) is 0 Å². The first-order valence-corrected chi connectivity index (χ1v) is 8.63. The molecule has 0 aliphatic rings. The average molecular weight is 286 g/mol. The second kappa shape index (κ2) is 8.89. The van der Waals surface area contributed by atoms with E-state index in [4.69, 9.17) is 5.73 Å². The van der Waals surface area contributed by atoms with E-state index in [0.717, 1.165) is 6.54 Å². The fourth-order valence-electron chi connectivity index (χ4n) is 2.99. The fraction of sp³-hybridized carbons (Fsp3) is 0.579. The van der Waals surface area contributed by atoms with Crippen LogP contribution in [-0.2, 0) is 13.1 Å². The number of nitrogens with zero attached hydrogens (tertiary/aromatic N) is 1. The van der Waals surface area contributed by atoms with Crippen molar-refractivity contribution in [3.8, 4) is 0 Å². The zero-order valence-electron chi connectivity index (χ0n) is 13.5. The minimum Gasteiger partial charge on any atom is -0.347 e. The molecule has 0 aliphatic heterocycles. The Kier molecular flexibility index (Phi) is 6.81. The molecule has 2 nitrogen and oxygen atoms in total. The summed E-state index contributed by atoms with van der Waals surface area (Å²) in [5.74, 6) is 0. The fourth-order valence-corrected chi connectivity index (χ4v) is 2.99. The minimum atomic E-state index is 0.624. The zero-order chi connectivity index (χ0) is 14.9. The van der Waals surface area contributed by atoms with Crippen molar-refractivity contribution in [3.63, 3.8) is 0 Å². The van der Waals surface area contributed by atoms with Gasteiger partial charge in [-0.1, -0.05) is 57.9 Å². The maximum Gasteiger partial charge on any atom is 0.0480 e. The van der Waals surface area contributed by atoms with E-state index in [-0.39, 0.29) is 0 Å². The topological polar surface area (TPSA) is 30.9 Å². The van der Waals surface area contributed by atoms with E-state index in [2.05, 4.69) is 42.0 Å². The molecule has 0 amide bonds. The highest BCUT2D eigenvalue weighted by molar-refractivity contribution is 5.80. The van der Waals surface area contributed by atoms with E-state index in [1.54, 1.807) is 0 Å². The minimum absolute atomic E-state index is 0.624. The first-order valence-electron chi connectivity index (χ1n) is 8.63. The molecule has 0 saturated carbocycles. The smallest absolute Gasteiger partial charge is 0.0480 e. The van der Waals surface area contributed by atoms with Gasteiger partial charge in [-0.3, -0.25) is 0 Å². The van der Waals surface area contributed by atoms with Gasteiger partial charge in [0.2, 0.25) is 0 Å². The Morgan fingerprint density at radius 2 is 1.62 bits per heavy atom. The lowest BCUT2D eigenvalue weighted by Crippen LogP contribution is -1.98. The second-order valence-corrected chi connectivity index (χ2v) is 6.08. The Morgan fingerprint density at radius 1 is 0.905 bits per heavy atom. The second-order valence-electron chi connectivity index (χ2n) is 6.08. The van der Waals surface area contributed by atoms with Gasteiger partial charge in [0.1, 0.15) is 0 Å². The highest BCUT2D eigenvalue weighted by Crippen LogP contribution is 2.18. The molecule has 2 rings (SSSR count). The van der Waals surface area contributed by atoms with Crippen LogP contribution < -0.4 is 5.73 Å². The third-order valence-corrected chi connectivity index (χ3v) is 4.32. The number of unbranched alkanes of at least 4 members (excludes halogenated alkanes) is 7. The van der Waals surface area contributed by atoms with Gasteiger partial charge in [-0.15, -0.1) is 0 Å². The molecule has 0 atom stereocenters. The number of fused-ring (bicyclic) bond motifs is 1. The van der Waals surface area contributed by atoms with Crippen molar-refractivity contribution in [2.24, 2.45) is 5.73 Å². The number of aryl methyl sites for hydroxylation is 1. The zero-order valence-corrected chi connectivity index (χ0v) is 13.5. The molecule has 0 spiro atoms. The lowest BCUT2D eigenvalue weighted by atomic mass is 10.1. The molecule has 0 saturated heterocycles. The van der Waals surface area contributed by atoms with Gasteiger partial charge in [-0.05, 0) is 35.6 Å². The Labute approximate surface area is 129 Å². The summed E-state index contributed by atoms with van der Waals surface area (Å²) in [6.07, 6.45) is 13.2. The van der Waals surface area contributed by atoms with Crippen molar-refractivity contribution in [1.82, 2.24) is 4.57 Å². The molecule has 1 heterocycles. The molecule has 0 unspecified atom stereocenters. The van der Waals surface area contributed by atoms with Crippen LogP contribution in [0.2, 0.25) is 0 Å². The van der Waals surface area contributed by atoms with Crippen molar-refractivity contribution in [2.75, 3.05) is 0 Å². The van der Waals surface area contributed by atoms with Crippen LogP contribution in [0.4, 0.5) is 0 Å². The van der Waals surface area contributed by atoms with E-state index in [0.29, 0.717) is 6.54 Å². The maximum absolute atomic E-state index is 5.70. The molecule has 21 heavy (non-hydrogen) atoms. The van der Waals surface area contributed by atoms with E-state index in [9.17, 15) is 0 Å². The van der Waals surface area contributed by atoms with Crippen LogP contribution in [0.25, 0.3) is 10.9 Å². The summed E-state index contributed by atoms with van der Waals surface area (Å²) >= 11 is 0. The van der Waals surface area contributed by atoms with Crippen LogP contribution in [0.5, 0.6) is 0 Å². The molecule has 116 valence electrons. The lowest BCUT2D eigenvalue weighted by Gasteiger charge is -2.06. The normalized spacial score (nSPS) is 11.3. The molecular weight excluding hydrogens is 256 g/mol. The molecule has 2 heteroatoms. The Balaban J connectivity index is 1.71. The molecule has 0 aliphatic carbocycles. The van der Waals surface area contributed by atoms with Crippen molar-refractivity contribution >= 4 is 10.9 Å². The summed E-state index contributed by atoms with van der Waals surface area (Å²) in [4.78, 5) is 0. The first-order chi connectivity index (χ1) is 10.3. The summed E-state index contributed by atoms with van der Waals surface area (Å²) in [5.41, 5.74) is 8.26. The number of hydrogen-bond acceptors (Lipinski definition) is 1. The molecule has 0 bridgehead atoms. The highest BCUT2D eigenvalue weighted by Gasteiger charge is 2.01. The first kappa shape index (κ1) is 16.1. The van der Waals surface area contributed by atoms with Crippen molar-refractivity contribution in [3.05, 3.63) is 36.0 Å². The number of aromatic nitrogens is 1. The standard InChI is InChI=1S/C19H30N2/c1-2-3-4-5-6-7-8-9-13-21-14-12-18-15-17(16-20)10-11-19(18)21/h10-12,14-15H,2-9,13,16,20H2,1H3. The molecule has 0 radical (unpaired) electrons. The van der Waals surface area contributed by atoms with Gasteiger partial charge in [0.15, 0.2) is 0 Å². The van der Waals surface area contributed by atoms with E-state index >= 15 is 0 Å². The number of benzene rings is 1. The van der Waals surface area contributed by atoms with Crippen LogP contribution in [0.15, 0.2) is 30.5 Å². The predicted molar refractivity (Wildman–Crippen MR) is 92.4 cm³/mol. The molecule has 2 aromatic rings. The maximum atomic E-state index is 5.70. The Bertz CT molecular complexity index is 527. The summed E-state index contributed by atoms with van der Waals surface area (Å²) < 4.78 is 2.38. The van der Waals surface area contributed by atoms with E-state index < -0.39 is 0 Å². The van der Waals surface area contributed by atoms with Gasteiger partial charge in [-0.2, -0.15) is 0 Å². The van der Waals surface area contributed by atoms with Crippen molar-refractivity contribution in [1.29, 1.82) is 0 Å². The monoisotopic (exact) mass is 286 g/mol. The number of hydrogen-bond donors (Lipinski definition) is 1. The van der Waals surface area contributed by atoms with Gasteiger partial charge in [0.25, 0.3) is 0 Å². The quantitative estimate of drug-likeness (QED) is 0.595. The average Bonchev–Trinajstić information content (AvgIpc) is 2.92. The summed E-state index contributed by atoms with van der Waals surface area (Å²) in [7, 11) is 0. The summed E-state index contributed by atoms with van der Waals surface area (Å²) in [6, 6.07) is 8.77. The summed E-state index contributed by atoms with van der Waals surface area (Å²) in [5, 5.41) is 1.32. The Morgan fingerprint density at radius 3 is 2.33 bits per heavy atom. The SMILES string of the molecule is CCCCCCCCCCn1ccc2cc(CN)ccc21. The molecule has 1 aromatic carbocycles. The van der Waals surface area contributed by atoms with Crippen LogP contribution in [0.3, 0.4) is 0 Å². The van der Waals surface area contributed by atoms with Gasteiger partial charge in [0, 0.05) is 24.8 Å². The van der Waals surface area contributed by atoms with E-state index in [1.807, 2.05) is 0 Å². The number of nitrogens with two attached hydrogens (primary N) is 1. The van der Waals surface area contributed by atoms with Crippen LogP contribution in [0, 0.1) is 0 Å². The molecule has 2 N–H and O–H groups in total. The van der Waals surface area contributed by atoms with Gasteiger partial charge in [0.05, 0.1) is 0 Å². The molecule has 1 aromatic heterocycles. The molecular formula is C19H30N2. The third-order valence-electron chi connectivity index (χ3n) is 4.32. The van der Waals surface area contributed by atoms with Gasteiger partial charge >= 0.3 is 0 Å². The van der Waals surface area contributed by atoms with Crippen LogP contribution in [-0.4, -0.2) is 4.57 Å². The van der Waals surface area contributed by atoms with Gasteiger partial charge < -0.3 is 10.3 Å². The summed E-state index contributed by atoms with van der Waals surface area (Å²) in [6.45, 7) is 4.04.